The van der Waals surface area contributed by atoms with E-state index in [-0.39, 0.29) is 6.54 Å². The van der Waals surface area contributed by atoms with Crippen molar-refractivity contribution in [3.8, 4) is 11.8 Å². The van der Waals surface area contributed by atoms with Crippen LogP contribution in [0.5, 0.6) is 0 Å². The number of sulfonamides is 1. The van der Waals surface area contributed by atoms with Gasteiger partial charge in [0.2, 0.25) is 10.0 Å². The van der Waals surface area contributed by atoms with Gasteiger partial charge in [-0.3, -0.25) is 4.72 Å². The van der Waals surface area contributed by atoms with E-state index in [1.165, 1.54) is 0 Å². The van der Waals surface area contributed by atoms with Gasteiger partial charge in [0.1, 0.15) is 0 Å². The molecule has 98 valence electrons. The van der Waals surface area contributed by atoms with Crippen LogP contribution in [0.15, 0.2) is 24.3 Å². The lowest BCUT2D eigenvalue weighted by atomic mass is 10.2. The normalized spacial score (nSPS) is 11.6. The molecule has 0 unspecified atom stereocenters. The highest BCUT2D eigenvalue weighted by molar-refractivity contribution is 7.94. The maximum atomic E-state index is 12.1. The lowest BCUT2D eigenvalue weighted by molar-refractivity contribution is 0.566. The van der Waals surface area contributed by atoms with Crippen LogP contribution in [0.25, 0.3) is 0 Å². The van der Waals surface area contributed by atoms with Gasteiger partial charge < -0.3 is 5.73 Å². The van der Waals surface area contributed by atoms with Crippen molar-refractivity contribution >= 4 is 15.7 Å². The Hall–Kier alpha value is -1.51. The van der Waals surface area contributed by atoms with E-state index < -0.39 is 14.8 Å². The summed E-state index contributed by atoms with van der Waals surface area (Å²) in [4.78, 5) is 0. The van der Waals surface area contributed by atoms with E-state index in [1.54, 1.807) is 45.0 Å². The molecule has 0 radical (unpaired) electrons. The summed E-state index contributed by atoms with van der Waals surface area (Å²) in [7, 11) is -3.45. The Morgan fingerprint density at radius 2 is 1.89 bits per heavy atom. The third-order valence-corrected chi connectivity index (χ3v) is 4.40. The second-order valence-corrected chi connectivity index (χ2v) is 7.21. The number of anilines is 1. The molecule has 1 rings (SSSR count). The van der Waals surface area contributed by atoms with E-state index in [4.69, 9.17) is 5.73 Å². The van der Waals surface area contributed by atoms with Crippen molar-refractivity contribution in [1.82, 2.24) is 0 Å². The quantitative estimate of drug-likeness (QED) is 0.797. The third kappa shape index (κ3) is 3.49. The fourth-order valence-corrected chi connectivity index (χ4v) is 1.90. The summed E-state index contributed by atoms with van der Waals surface area (Å²) in [6, 6.07) is 7.00. The molecule has 0 saturated carbocycles. The zero-order valence-electron chi connectivity index (χ0n) is 10.8. The molecule has 1 aromatic rings. The van der Waals surface area contributed by atoms with Crippen LogP contribution in [0.4, 0.5) is 5.69 Å². The molecule has 5 heteroatoms. The van der Waals surface area contributed by atoms with Crippen LogP contribution in [-0.2, 0) is 10.0 Å². The maximum absolute atomic E-state index is 12.1. The first-order valence-electron chi connectivity index (χ1n) is 5.58. The Balaban J connectivity index is 3.13. The standard InChI is InChI=1S/C13H18N2O2S/c1-13(2,3)18(16,17)15-12-9-5-4-7-11(12)8-6-10-14/h4-5,7,9,15H,10,14H2,1-3H3. The monoisotopic (exact) mass is 266 g/mol. The van der Waals surface area contributed by atoms with Crippen LogP contribution in [0, 0.1) is 11.8 Å². The second kappa shape index (κ2) is 5.42. The molecule has 0 atom stereocenters. The van der Waals surface area contributed by atoms with Gasteiger partial charge in [0.15, 0.2) is 0 Å². The van der Waals surface area contributed by atoms with Crippen LogP contribution >= 0.6 is 0 Å². The number of benzene rings is 1. The lowest BCUT2D eigenvalue weighted by Crippen LogP contribution is -2.33. The molecule has 3 N–H and O–H groups in total. The predicted octanol–water partition coefficient (Wildman–Crippen LogP) is 1.54. The van der Waals surface area contributed by atoms with E-state index in [2.05, 4.69) is 16.6 Å². The highest BCUT2D eigenvalue weighted by atomic mass is 32.2. The summed E-state index contributed by atoms with van der Waals surface area (Å²) in [5.74, 6) is 5.56. The first-order valence-corrected chi connectivity index (χ1v) is 7.06. The average molecular weight is 266 g/mol. The Morgan fingerprint density at radius 3 is 2.44 bits per heavy atom. The molecule has 4 nitrogen and oxygen atoms in total. The summed E-state index contributed by atoms with van der Waals surface area (Å²) in [5, 5.41) is 0. The van der Waals surface area contributed by atoms with E-state index in [1.807, 2.05) is 0 Å². The second-order valence-electron chi connectivity index (χ2n) is 4.77. The van der Waals surface area contributed by atoms with E-state index in [0.29, 0.717) is 11.3 Å². The van der Waals surface area contributed by atoms with Crippen molar-refractivity contribution in [1.29, 1.82) is 0 Å². The zero-order chi connectivity index (χ0) is 13.8. The minimum absolute atomic E-state index is 0.236. The van der Waals surface area contributed by atoms with Crippen LogP contribution in [0.2, 0.25) is 0 Å². The molecule has 0 aliphatic rings. The smallest absolute Gasteiger partial charge is 0.237 e. The Bertz CT molecular complexity index is 575. The van der Waals surface area contributed by atoms with Gasteiger partial charge in [-0.25, -0.2) is 8.42 Å². The molecular formula is C13H18N2O2S. The molecule has 0 fully saturated rings. The Kier molecular flexibility index (Phi) is 4.38. The fraction of sp³-hybridized carbons (Fsp3) is 0.385. The Labute approximate surface area is 109 Å². The van der Waals surface area contributed by atoms with Gasteiger partial charge in [0.25, 0.3) is 0 Å². The van der Waals surface area contributed by atoms with Crippen LogP contribution in [0.3, 0.4) is 0 Å². The number of para-hydroxylation sites is 1. The summed E-state index contributed by atoms with van der Waals surface area (Å²) in [6.45, 7) is 5.16. The van der Waals surface area contributed by atoms with Gasteiger partial charge in [-0.1, -0.05) is 24.0 Å². The van der Waals surface area contributed by atoms with Crippen LogP contribution in [0.1, 0.15) is 26.3 Å². The minimum Gasteiger partial charge on any atom is -0.320 e. The van der Waals surface area contributed by atoms with Crippen LogP contribution in [-0.4, -0.2) is 19.7 Å². The molecule has 1 aromatic carbocycles. The van der Waals surface area contributed by atoms with E-state index in [9.17, 15) is 8.42 Å². The van der Waals surface area contributed by atoms with Crippen LogP contribution < -0.4 is 10.5 Å². The highest BCUT2D eigenvalue weighted by Gasteiger charge is 2.29. The maximum Gasteiger partial charge on any atom is 0.237 e. The summed E-state index contributed by atoms with van der Waals surface area (Å²) in [6.07, 6.45) is 0. The molecule has 0 bridgehead atoms. The molecule has 0 amide bonds. The van der Waals surface area contributed by atoms with Crippen molar-refractivity contribution in [3.63, 3.8) is 0 Å². The van der Waals surface area contributed by atoms with Gasteiger partial charge in [-0.15, -0.1) is 0 Å². The third-order valence-electron chi connectivity index (χ3n) is 2.30. The summed E-state index contributed by atoms with van der Waals surface area (Å²) < 4.78 is 25.8. The topological polar surface area (TPSA) is 72.2 Å². The molecule has 0 aliphatic heterocycles. The number of hydrogen-bond acceptors (Lipinski definition) is 3. The van der Waals surface area contributed by atoms with Gasteiger partial charge in [-0.2, -0.15) is 0 Å². The van der Waals surface area contributed by atoms with Crippen molar-refractivity contribution in [3.05, 3.63) is 29.8 Å². The van der Waals surface area contributed by atoms with Gasteiger partial charge in [0, 0.05) is 5.56 Å². The average Bonchev–Trinajstić information content (AvgIpc) is 2.26. The molecule has 0 heterocycles. The molecule has 18 heavy (non-hydrogen) atoms. The largest absolute Gasteiger partial charge is 0.320 e. The molecule has 0 aliphatic carbocycles. The number of hydrogen-bond donors (Lipinski definition) is 2. The van der Waals surface area contributed by atoms with Crippen molar-refractivity contribution in [2.24, 2.45) is 5.73 Å². The zero-order valence-corrected chi connectivity index (χ0v) is 11.6. The first-order chi connectivity index (χ1) is 8.28. The summed E-state index contributed by atoms with van der Waals surface area (Å²) in [5.41, 5.74) is 6.41. The van der Waals surface area contributed by atoms with Gasteiger partial charge >= 0.3 is 0 Å². The minimum atomic E-state index is -3.45. The molecule has 0 saturated heterocycles. The van der Waals surface area contributed by atoms with Crippen molar-refractivity contribution in [2.45, 2.75) is 25.5 Å². The number of nitrogens with one attached hydrogen (secondary N) is 1. The van der Waals surface area contributed by atoms with Crippen molar-refractivity contribution in [2.75, 3.05) is 11.3 Å². The van der Waals surface area contributed by atoms with Crippen molar-refractivity contribution < 1.29 is 8.42 Å². The molecular weight excluding hydrogens is 248 g/mol. The van der Waals surface area contributed by atoms with Gasteiger partial charge in [-0.05, 0) is 32.9 Å². The van der Waals surface area contributed by atoms with E-state index >= 15 is 0 Å². The lowest BCUT2D eigenvalue weighted by Gasteiger charge is -2.21. The Morgan fingerprint density at radius 1 is 1.28 bits per heavy atom. The highest BCUT2D eigenvalue weighted by Crippen LogP contribution is 2.21. The fourth-order valence-electron chi connectivity index (χ4n) is 1.13. The first kappa shape index (κ1) is 14.6. The number of rotatable bonds is 2. The van der Waals surface area contributed by atoms with Gasteiger partial charge in [0.05, 0.1) is 17.0 Å². The molecule has 0 aromatic heterocycles. The molecule has 0 spiro atoms. The SMILES string of the molecule is CC(C)(C)S(=O)(=O)Nc1ccccc1C#CCN. The van der Waals surface area contributed by atoms with E-state index in [0.717, 1.165) is 0 Å². The predicted molar refractivity (Wildman–Crippen MR) is 74.7 cm³/mol. The summed E-state index contributed by atoms with van der Waals surface area (Å²) >= 11 is 0. The number of nitrogens with two attached hydrogens (primary N) is 1.